The minimum Gasteiger partial charge on any atom is -0.449 e. The summed E-state index contributed by atoms with van der Waals surface area (Å²) in [5, 5.41) is 0. The molecule has 0 spiro atoms. The van der Waals surface area contributed by atoms with Crippen molar-refractivity contribution in [2.24, 2.45) is 17.4 Å². The number of likely N-dealkylation sites (N-methyl/N-ethyl adjacent to an activating group) is 1. The number of ketones is 2. The topological polar surface area (TPSA) is 128 Å². The van der Waals surface area contributed by atoms with Gasteiger partial charge in [0.05, 0.1) is 23.4 Å². The predicted molar refractivity (Wildman–Crippen MR) is 84.7 cm³/mol. The average Bonchev–Trinajstić information content (AvgIpc) is 3.04. The highest BCUT2D eigenvalue weighted by Crippen LogP contribution is 2.59. The third-order valence-electron chi connectivity index (χ3n) is 5.76. The molecule has 0 bridgehead atoms. The maximum absolute atomic E-state index is 12.7. The molecule has 3 aliphatic heterocycles. The molecule has 0 radical (unpaired) electrons. The minimum atomic E-state index is -0.942. The lowest BCUT2D eigenvalue weighted by Gasteiger charge is -2.41. The smallest absolute Gasteiger partial charge is 0.404 e. The molecular weight excluding hydrogens is 328 g/mol. The van der Waals surface area contributed by atoms with Crippen molar-refractivity contribution in [1.82, 2.24) is 9.80 Å². The zero-order chi connectivity index (χ0) is 18.1. The number of methoxy groups -OCH3 is 1. The van der Waals surface area contributed by atoms with Gasteiger partial charge in [-0.25, -0.2) is 4.79 Å². The fourth-order valence-electron chi connectivity index (χ4n) is 4.85. The van der Waals surface area contributed by atoms with Crippen LogP contribution in [-0.2, 0) is 19.1 Å². The van der Waals surface area contributed by atoms with Crippen molar-refractivity contribution in [2.75, 3.05) is 26.8 Å². The summed E-state index contributed by atoms with van der Waals surface area (Å²) in [4.78, 5) is 40.5. The summed E-state index contributed by atoms with van der Waals surface area (Å²) in [5.41, 5.74) is 10.4. The van der Waals surface area contributed by atoms with E-state index in [-0.39, 0.29) is 35.7 Å². The lowest BCUT2D eigenvalue weighted by molar-refractivity contribution is -0.145. The summed E-state index contributed by atoms with van der Waals surface area (Å²) in [6.07, 6.45) is 0.211. The monoisotopic (exact) mass is 348 g/mol. The van der Waals surface area contributed by atoms with Gasteiger partial charge in [-0.1, -0.05) is 6.92 Å². The molecule has 25 heavy (non-hydrogen) atoms. The second kappa shape index (κ2) is 5.06. The van der Waals surface area contributed by atoms with Gasteiger partial charge in [0.25, 0.3) is 0 Å². The summed E-state index contributed by atoms with van der Waals surface area (Å²) in [6, 6.07) is 0.248. The average molecular weight is 348 g/mol. The molecule has 9 nitrogen and oxygen atoms in total. The van der Waals surface area contributed by atoms with Crippen LogP contribution in [0.3, 0.4) is 0 Å². The van der Waals surface area contributed by atoms with Gasteiger partial charge >= 0.3 is 6.09 Å². The molecule has 0 aromatic heterocycles. The van der Waals surface area contributed by atoms with E-state index in [2.05, 4.69) is 4.90 Å². The Kier molecular flexibility index (Phi) is 3.26. The lowest BCUT2D eigenvalue weighted by atomic mass is 9.84. The van der Waals surface area contributed by atoms with Crippen molar-refractivity contribution >= 4 is 17.7 Å². The summed E-state index contributed by atoms with van der Waals surface area (Å²) in [7, 11) is 1.54. The maximum atomic E-state index is 12.7. The molecule has 0 aromatic carbocycles. The van der Waals surface area contributed by atoms with Gasteiger partial charge in [-0.15, -0.1) is 0 Å². The van der Waals surface area contributed by atoms with Gasteiger partial charge in [0, 0.05) is 31.3 Å². The van der Waals surface area contributed by atoms with Crippen LogP contribution in [0.4, 0.5) is 4.79 Å². The normalized spacial score (nSPS) is 38.3. The van der Waals surface area contributed by atoms with E-state index in [4.69, 9.17) is 20.9 Å². The van der Waals surface area contributed by atoms with Crippen molar-refractivity contribution in [2.45, 2.75) is 24.7 Å². The molecule has 4 N–H and O–H groups in total. The number of hydrogen-bond acceptors (Lipinski definition) is 8. The number of nitrogens with zero attached hydrogens (tertiary/aromatic N) is 2. The first-order valence-electron chi connectivity index (χ1n) is 8.19. The number of rotatable bonds is 4. The number of carbonyl (C=O) groups is 3. The molecule has 1 aliphatic carbocycles. The Balaban J connectivity index is 1.82. The van der Waals surface area contributed by atoms with Crippen LogP contribution in [0.1, 0.15) is 6.92 Å². The third kappa shape index (κ3) is 1.82. The summed E-state index contributed by atoms with van der Waals surface area (Å²) in [6.45, 7) is 3.29. The Morgan fingerprint density at radius 3 is 2.76 bits per heavy atom. The Morgan fingerprint density at radius 2 is 2.16 bits per heavy atom. The van der Waals surface area contributed by atoms with Gasteiger partial charge in [-0.05, 0) is 6.54 Å². The molecule has 4 rings (SSSR count). The van der Waals surface area contributed by atoms with E-state index in [1.807, 2.05) is 11.8 Å². The molecule has 0 aromatic rings. The molecule has 3 heterocycles. The Hall–Kier alpha value is -2.39. The molecule has 5 atom stereocenters. The molecule has 9 heteroatoms. The molecular formula is C16H20N4O5. The number of allylic oxidation sites excluding steroid dienone is 2. The number of amides is 1. The van der Waals surface area contributed by atoms with Crippen molar-refractivity contribution in [3.05, 3.63) is 23.0 Å². The van der Waals surface area contributed by atoms with Crippen molar-refractivity contribution in [3.8, 4) is 0 Å². The van der Waals surface area contributed by atoms with Crippen LogP contribution in [0.2, 0.25) is 0 Å². The highest BCUT2D eigenvalue weighted by atomic mass is 16.6. The first-order chi connectivity index (χ1) is 11.9. The number of piperazine rings is 1. The highest BCUT2D eigenvalue weighted by molar-refractivity contribution is 6.23. The van der Waals surface area contributed by atoms with Crippen molar-refractivity contribution < 1.29 is 23.9 Å². The largest absolute Gasteiger partial charge is 0.449 e. The molecule has 2 saturated heterocycles. The zero-order valence-electron chi connectivity index (χ0n) is 14.0. The maximum Gasteiger partial charge on any atom is 0.404 e. The number of carbonyl (C=O) groups excluding carboxylic acids is 3. The van der Waals surface area contributed by atoms with Crippen LogP contribution in [0, 0.1) is 5.92 Å². The summed E-state index contributed by atoms with van der Waals surface area (Å²) >= 11 is 0. The molecule has 2 fully saturated rings. The number of ether oxygens (including phenoxy) is 2. The molecule has 1 amide bonds. The number of nitrogens with two attached hydrogens (primary N) is 2. The fourth-order valence-corrected chi connectivity index (χ4v) is 4.85. The molecule has 4 aliphatic rings. The van der Waals surface area contributed by atoms with Crippen LogP contribution in [0.15, 0.2) is 23.0 Å². The van der Waals surface area contributed by atoms with E-state index in [9.17, 15) is 14.4 Å². The van der Waals surface area contributed by atoms with Crippen molar-refractivity contribution in [1.29, 1.82) is 0 Å². The number of hydrogen-bond donors (Lipinski definition) is 2. The van der Waals surface area contributed by atoms with Gasteiger partial charge in [0.2, 0.25) is 11.6 Å². The van der Waals surface area contributed by atoms with Crippen molar-refractivity contribution in [3.63, 3.8) is 0 Å². The highest BCUT2D eigenvalue weighted by Gasteiger charge is 2.75. The van der Waals surface area contributed by atoms with E-state index in [1.165, 1.54) is 0 Å². The van der Waals surface area contributed by atoms with E-state index >= 15 is 0 Å². The standard InChI is InChI=1S/C16H20N4O5/c1-3-19-9-5-20-12-10(21)4-8(17)13(22)11(12)7(6-25-15(18)23)16(20,24-2)14(9)19/h4,7,9,14H,3,5-6,17H2,1-2H3,(H2,18,23)/t7?,9?,14?,16-,19?/m1/s1. The summed E-state index contributed by atoms with van der Waals surface area (Å²) < 4.78 is 10.9. The van der Waals surface area contributed by atoms with E-state index in [0.717, 1.165) is 12.6 Å². The Bertz CT molecular complexity index is 760. The van der Waals surface area contributed by atoms with Gasteiger partial charge in [-0.2, -0.15) is 0 Å². The van der Waals surface area contributed by atoms with Crippen LogP contribution in [0.5, 0.6) is 0 Å². The van der Waals surface area contributed by atoms with E-state index in [0.29, 0.717) is 12.2 Å². The first-order valence-corrected chi connectivity index (χ1v) is 8.19. The molecule has 4 unspecified atom stereocenters. The minimum absolute atomic E-state index is 0.0106. The fraction of sp³-hybridized carbons (Fsp3) is 0.562. The quantitative estimate of drug-likeness (QED) is 0.473. The van der Waals surface area contributed by atoms with Gasteiger partial charge in [-0.3, -0.25) is 14.5 Å². The zero-order valence-corrected chi connectivity index (χ0v) is 14.0. The van der Waals surface area contributed by atoms with E-state index in [1.54, 1.807) is 7.11 Å². The first kappa shape index (κ1) is 16.1. The number of Topliss-reactive ketones (excluding diaryl/α,β-unsaturated/α-hetero) is 1. The Morgan fingerprint density at radius 1 is 1.44 bits per heavy atom. The van der Waals surface area contributed by atoms with Gasteiger partial charge in [0.15, 0.2) is 5.72 Å². The summed E-state index contributed by atoms with van der Waals surface area (Å²) in [5.74, 6) is -1.37. The molecule has 0 saturated carbocycles. The van der Waals surface area contributed by atoms with Gasteiger partial charge < -0.3 is 25.8 Å². The predicted octanol–water partition coefficient (Wildman–Crippen LogP) is -1.31. The second-order valence-electron chi connectivity index (χ2n) is 6.65. The lowest BCUT2D eigenvalue weighted by Crippen LogP contribution is -2.55. The second-order valence-corrected chi connectivity index (χ2v) is 6.65. The molecule has 134 valence electrons. The van der Waals surface area contributed by atoms with Crippen LogP contribution < -0.4 is 11.5 Å². The SMILES string of the molecule is CCN1C2CN3C4=C(C(=O)C(N)=CC4=O)C(COC(N)=O)[C@@]3(OC)C21. The Labute approximate surface area is 144 Å². The number of fused-ring (bicyclic) bond motifs is 4. The van der Waals surface area contributed by atoms with Crippen LogP contribution in [0.25, 0.3) is 0 Å². The van der Waals surface area contributed by atoms with E-state index < -0.39 is 23.5 Å². The number of primary amides is 1. The van der Waals surface area contributed by atoms with Gasteiger partial charge in [0.1, 0.15) is 6.61 Å². The van der Waals surface area contributed by atoms with Crippen LogP contribution in [-0.4, -0.2) is 72.1 Å². The third-order valence-corrected chi connectivity index (χ3v) is 5.76. The van der Waals surface area contributed by atoms with Crippen LogP contribution >= 0.6 is 0 Å².